The van der Waals surface area contributed by atoms with E-state index in [-0.39, 0.29) is 49.4 Å². The van der Waals surface area contributed by atoms with Gasteiger partial charge in [0.05, 0.1) is 36.4 Å². The fraction of sp³-hybridized carbons (Fsp3) is 0.464. The Balaban J connectivity index is 1.40. The number of hydrogen-bond donors (Lipinski definition) is 3. The van der Waals surface area contributed by atoms with Crippen molar-refractivity contribution in [2.24, 2.45) is 0 Å². The number of halogens is 6. The number of alkyl halides is 3. The lowest BCUT2D eigenvalue weighted by Crippen LogP contribution is -2.52. The van der Waals surface area contributed by atoms with Crippen LogP contribution in [0, 0.1) is 11.6 Å². The van der Waals surface area contributed by atoms with Gasteiger partial charge in [-0.3, -0.25) is 24.2 Å². The van der Waals surface area contributed by atoms with E-state index in [9.17, 15) is 31.9 Å². The molecular formula is C28H32ClF5N6O3. The van der Waals surface area contributed by atoms with Crippen molar-refractivity contribution >= 4 is 40.7 Å². The average Bonchev–Trinajstić information content (AvgIpc) is 2.93. The second-order valence-corrected chi connectivity index (χ2v) is 11.0. The average molecular weight is 631 g/mol. The van der Waals surface area contributed by atoms with Crippen LogP contribution in [0.1, 0.15) is 29.3 Å². The molecule has 0 aliphatic carbocycles. The summed E-state index contributed by atoms with van der Waals surface area (Å²) in [6.07, 6.45) is -5.17. The van der Waals surface area contributed by atoms with Crippen molar-refractivity contribution in [1.29, 1.82) is 0 Å². The van der Waals surface area contributed by atoms with E-state index in [1.54, 1.807) is 22.8 Å². The maximum absolute atomic E-state index is 15.0. The molecule has 0 radical (unpaired) electrons. The van der Waals surface area contributed by atoms with Crippen molar-refractivity contribution in [2.75, 3.05) is 62.6 Å². The van der Waals surface area contributed by atoms with Crippen LogP contribution in [0.15, 0.2) is 30.3 Å². The number of piperazine rings is 2. The molecule has 2 aromatic rings. The third-order valence-electron chi connectivity index (χ3n) is 7.36. The van der Waals surface area contributed by atoms with Crippen molar-refractivity contribution in [3.05, 3.63) is 58.1 Å². The number of anilines is 2. The standard InChI is InChI=1S/C28H32ClF5N6O3/c1-17-14-40(11-10-39(17)8-6-28(32,33)34)22-12-19(29)3-5-21(22)37-27(43)20-4-2-18(25(30)26(20)31)13-36-24(42)16-38-9-7-35-23(41)15-38/h2-5,12,17H,6-11,13-16H2,1H3,(H,35,41)(H,36,42)(H,37,43)/t17-/m0/s1. The Labute approximate surface area is 250 Å². The number of hydrogen-bond acceptors (Lipinski definition) is 6. The molecule has 2 fully saturated rings. The van der Waals surface area contributed by atoms with E-state index in [4.69, 9.17) is 11.6 Å². The predicted molar refractivity (Wildman–Crippen MR) is 151 cm³/mol. The molecule has 0 aromatic heterocycles. The van der Waals surface area contributed by atoms with E-state index < -0.39 is 41.6 Å². The lowest BCUT2D eigenvalue weighted by atomic mass is 10.1. The van der Waals surface area contributed by atoms with E-state index in [0.29, 0.717) is 43.4 Å². The Morgan fingerprint density at radius 2 is 1.86 bits per heavy atom. The van der Waals surface area contributed by atoms with Gasteiger partial charge in [0.15, 0.2) is 11.6 Å². The van der Waals surface area contributed by atoms with Crippen molar-refractivity contribution in [2.45, 2.75) is 32.1 Å². The van der Waals surface area contributed by atoms with E-state index in [1.807, 2.05) is 4.90 Å². The summed E-state index contributed by atoms with van der Waals surface area (Å²) < 4.78 is 68.0. The molecule has 43 heavy (non-hydrogen) atoms. The molecule has 0 bridgehead atoms. The minimum atomic E-state index is -4.25. The SMILES string of the molecule is C[C@H]1CN(c2cc(Cl)ccc2NC(=O)c2ccc(CNC(=O)CN3CCNC(=O)C3)c(F)c2F)CCN1CCC(F)(F)F. The van der Waals surface area contributed by atoms with Gasteiger partial charge >= 0.3 is 6.18 Å². The summed E-state index contributed by atoms with van der Waals surface area (Å²) in [6, 6.07) is 6.71. The highest BCUT2D eigenvalue weighted by atomic mass is 35.5. The Hall–Kier alpha value is -3.49. The number of rotatable bonds is 9. The second-order valence-electron chi connectivity index (χ2n) is 10.5. The van der Waals surface area contributed by atoms with Gasteiger partial charge in [-0.25, -0.2) is 8.78 Å². The summed E-state index contributed by atoms with van der Waals surface area (Å²) in [5, 5.41) is 8.08. The third kappa shape index (κ3) is 8.77. The van der Waals surface area contributed by atoms with Gasteiger partial charge < -0.3 is 20.9 Å². The molecule has 2 aliphatic heterocycles. The fourth-order valence-electron chi connectivity index (χ4n) is 5.06. The maximum Gasteiger partial charge on any atom is 0.390 e. The first kappa shape index (κ1) is 32.4. The van der Waals surface area contributed by atoms with Gasteiger partial charge in [0.1, 0.15) is 0 Å². The molecule has 2 saturated heterocycles. The third-order valence-corrected chi connectivity index (χ3v) is 7.60. The van der Waals surface area contributed by atoms with Crippen molar-refractivity contribution in [3.8, 4) is 0 Å². The van der Waals surface area contributed by atoms with E-state index in [0.717, 1.165) is 6.07 Å². The molecule has 234 valence electrons. The molecule has 2 aliphatic rings. The second kappa shape index (κ2) is 13.9. The zero-order valence-electron chi connectivity index (χ0n) is 23.4. The van der Waals surface area contributed by atoms with Gasteiger partial charge in [-0.15, -0.1) is 0 Å². The summed E-state index contributed by atoms with van der Waals surface area (Å²) in [5.74, 6) is -4.27. The number of carbonyl (C=O) groups is 3. The molecule has 0 spiro atoms. The first-order valence-corrected chi connectivity index (χ1v) is 14.1. The van der Waals surface area contributed by atoms with Crippen LogP contribution in [0.2, 0.25) is 5.02 Å². The Morgan fingerprint density at radius 1 is 1.09 bits per heavy atom. The van der Waals surface area contributed by atoms with Gasteiger partial charge in [0, 0.05) is 62.4 Å². The number of amides is 3. The molecular weight excluding hydrogens is 599 g/mol. The molecule has 0 unspecified atom stereocenters. The van der Waals surface area contributed by atoms with Crippen molar-refractivity contribution < 1.29 is 36.3 Å². The molecule has 0 saturated carbocycles. The molecule has 9 nitrogen and oxygen atoms in total. The van der Waals surface area contributed by atoms with Crippen LogP contribution in [0.3, 0.4) is 0 Å². The zero-order chi connectivity index (χ0) is 31.3. The van der Waals surface area contributed by atoms with Crippen molar-refractivity contribution in [3.63, 3.8) is 0 Å². The number of carbonyl (C=O) groups excluding carboxylic acids is 3. The first-order chi connectivity index (χ1) is 20.3. The summed E-state index contributed by atoms with van der Waals surface area (Å²) >= 11 is 6.20. The first-order valence-electron chi connectivity index (χ1n) is 13.7. The number of nitrogens with zero attached hydrogens (tertiary/aromatic N) is 3. The fourth-order valence-corrected chi connectivity index (χ4v) is 5.23. The minimum Gasteiger partial charge on any atom is -0.367 e. The Morgan fingerprint density at radius 3 is 2.56 bits per heavy atom. The lowest BCUT2D eigenvalue weighted by molar-refractivity contribution is -0.139. The normalized spacial score (nSPS) is 18.3. The predicted octanol–water partition coefficient (Wildman–Crippen LogP) is 3.38. The Kier molecular flexibility index (Phi) is 10.5. The van der Waals surface area contributed by atoms with Gasteiger partial charge in [-0.05, 0) is 31.2 Å². The maximum atomic E-state index is 15.0. The molecule has 2 heterocycles. The molecule has 4 rings (SSSR count). The van der Waals surface area contributed by atoms with Gasteiger partial charge in [0.2, 0.25) is 11.8 Å². The Bertz CT molecular complexity index is 1360. The van der Waals surface area contributed by atoms with Crippen LogP contribution in [-0.2, 0) is 16.1 Å². The molecule has 15 heteroatoms. The largest absolute Gasteiger partial charge is 0.390 e. The van der Waals surface area contributed by atoms with Crippen LogP contribution in [-0.4, -0.2) is 92.1 Å². The van der Waals surface area contributed by atoms with Crippen LogP contribution >= 0.6 is 11.6 Å². The van der Waals surface area contributed by atoms with Gasteiger partial charge in [-0.1, -0.05) is 17.7 Å². The molecule has 2 aromatic carbocycles. The monoisotopic (exact) mass is 630 g/mol. The van der Waals surface area contributed by atoms with Crippen LogP contribution < -0.4 is 20.9 Å². The number of benzene rings is 2. The van der Waals surface area contributed by atoms with Crippen molar-refractivity contribution in [1.82, 2.24) is 20.4 Å². The van der Waals surface area contributed by atoms with Crippen LogP contribution in [0.25, 0.3) is 0 Å². The smallest absolute Gasteiger partial charge is 0.367 e. The van der Waals surface area contributed by atoms with E-state index >= 15 is 4.39 Å². The summed E-state index contributed by atoms with van der Waals surface area (Å²) in [4.78, 5) is 42.0. The van der Waals surface area contributed by atoms with Crippen LogP contribution in [0.5, 0.6) is 0 Å². The summed E-state index contributed by atoms with van der Waals surface area (Å²) in [6.45, 7) is 3.30. The minimum absolute atomic E-state index is 0.0622. The topological polar surface area (TPSA) is 97.0 Å². The summed E-state index contributed by atoms with van der Waals surface area (Å²) in [5.41, 5.74) is 0.0453. The highest BCUT2D eigenvalue weighted by Gasteiger charge is 2.32. The zero-order valence-corrected chi connectivity index (χ0v) is 24.1. The van der Waals surface area contributed by atoms with E-state index in [2.05, 4.69) is 16.0 Å². The molecule has 3 amide bonds. The van der Waals surface area contributed by atoms with Crippen LogP contribution in [0.4, 0.5) is 33.3 Å². The number of nitrogens with one attached hydrogen (secondary N) is 3. The molecule has 1 atom stereocenters. The quantitative estimate of drug-likeness (QED) is 0.368. The van der Waals surface area contributed by atoms with Gasteiger partial charge in [-0.2, -0.15) is 13.2 Å². The summed E-state index contributed by atoms with van der Waals surface area (Å²) in [7, 11) is 0. The lowest BCUT2D eigenvalue weighted by Gasteiger charge is -2.41. The van der Waals surface area contributed by atoms with E-state index in [1.165, 1.54) is 18.2 Å². The molecule has 3 N–H and O–H groups in total. The highest BCUT2D eigenvalue weighted by molar-refractivity contribution is 6.31. The highest BCUT2D eigenvalue weighted by Crippen LogP contribution is 2.32. The van der Waals surface area contributed by atoms with Gasteiger partial charge in [0.25, 0.3) is 5.91 Å².